The van der Waals surface area contributed by atoms with Gasteiger partial charge in [0.2, 0.25) is 11.6 Å². The smallest absolute Gasteiger partial charge is 0.353 e. The van der Waals surface area contributed by atoms with Gasteiger partial charge in [0.1, 0.15) is 6.33 Å². The molecule has 7 heteroatoms. The number of nitro groups is 1. The molecule has 1 aliphatic rings. The molecular weight excluding hydrogens is 318 g/mol. The summed E-state index contributed by atoms with van der Waals surface area (Å²) in [4.78, 5) is 19.4. The SMILES string of the molecule is CC(C)c1ccc(Nc2ncnc(NC3CCCC3)c2[N+](=O)[O-])cc1. The third-order valence-corrected chi connectivity index (χ3v) is 4.54. The summed E-state index contributed by atoms with van der Waals surface area (Å²) < 4.78 is 0. The van der Waals surface area contributed by atoms with E-state index in [0.717, 1.165) is 31.4 Å². The molecule has 0 radical (unpaired) electrons. The first-order chi connectivity index (χ1) is 12.0. The van der Waals surface area contributed by atoms with Crippen LogP contribution in [-0.2, 0) is 0 Å². The summed E-state index contributed by atoms with van der Waals surface area (Å²) in [5, 5.41) is 17.9. The predicted molar refractivity (Wildman–Crippen MR) is 98.4 cm³/mol. The van der Waals surface area contributed by atoms with Crippen molar-refractivity contribution in [3.63, 3.8) is 0 Å². The Kier molecular flexibility index (Phi) is 5.11. The second-order valence-corrected chi connectivity index (χ2v) is 6.70. The zero-order valence-electron chi connectivity index (χ0n) is 14.5. The number of rotatable bonds is 6. The zero-order valence-corrected chi connectivity index (χ0v) is 14.5. The minimum Gasteiger partial charge on any atom is -0.361 e. The molecule has 2 N–H and O–H groups in total. The lowest BCUT2D eigenvalue weighted by Gasteiger charge is -2.14. The molecule has 1 fully saturated rings. The monoisotopic (exact) mass is 341 g/mol. The van der Waals surface area contributed by atoms with Crippen LogP contribution < -0.4 is 10.6 Å². The molecule has 0 saturated heterocycles. The highest BCUT2D eigenvalue weighted by molar-refractivity contribution is 5.73. The Bertz CT molecular complexity index is 740. The summed E-state index contributed by atoms with van der Waals surface area (Å²) in [5.41, 5.74) is 1.87. The average molecular weight is 341 g/mol. The van der Waals surface area contributed by atoms with Crippen molar-refractivity contribution >= 4 is 23.0 Å². The van der Waals surface area contributed by atoms with E-state index < -0.39 is 4.92 Å². The third-order valence-electron chi connectivity index (χ3n) is 4.54. The largest absolute Gasteiger partial charge is 0.361 e. The van der Waals surface area contributed by atoms with Crippen LogP contribution in [0.4, 0.5) is 23.0 Å². The summed E-state index contributed by atoms with van der Waals surface area (Å²) in [6.07, 6.45) is 5.67. The van der Waals surface area contributed by atoms with Crippen molar-refractivity contribution in [1.82, 2.24) is 9.97 Å². The van der Waals surface area contributed by atoms with Gasteiger partial charge in [-0.15, -0.1) is 0 Å². The van der Waals surface area contributed by atoms with Crippen LogP contribution in [0.5, 0.6) is 0 Å². The second-order valence-electron chi connectivity index (χ2n) is 6.70. The molecule has 0 spiro atoms. The van der Waals surface area contributed by atoms with E-state index in [4.69, 9.17) is 0 Å². The Balaban J connectivity index is 1.85. The quantitative estimate of drug-likeness (QED) is 0.589. The highest BCUT2D eigenvalue weighted by Gasteiger charge is 2.26. The van der Waals surface area contributed by atoms with E-state index in [1.165, 1.54) is 11.9 Å². The number of nitrogens with one attached hydrogen (secondary N) is 2. The Morgan fingerprint density at radius 3 is 2.36 bits per heavy atom. The second kappa shape index (κ2) is 7.46. The molecule has 1 aliphatic carbocycles. The minimum absolute atomic E-state index is 0.109. The van der Waals surface area contributed by atoms with Crippen molar-refractivity contribution in [3.8, 4) is 0 Å². The highest BCUT2D eigenvalue weighted by atomic mass is 16.6. The van der Waals surface area contributed by atoms with E-state index in [1.54, 1.807) is 0 Å². The van der Waals surface area contributed by atoms with Gasteiger partial charge in [-0.2, -0.15) is 0 Å². The lowest BCUT2D eigenvalue weighted by atomic mass is 10.0. The molecule has 132 valence electrons. The van der Waals surface area contributed by atoms with Gasteiger partial charge < -0.3 is 10.6 Å². The van der Waals surface area contributed by atoms with E-state index in [9.17, 15) is 10.1 Å². The van der Waals surface area contributed by atoms with Gasteiger partial charge in [-0.3, -0.25) is 10.1 Å². The minimum atomic E-state index is -0.428. The summed E-state index contributed by atoms with van der Waals surface area (Å²) in [7, 11) is 0. The fourth-order valence-electron chi connectivity index (χ4n) is 3.10. The molecule has 0 atom stereocenters. The van der Waals surface area contributed by atoms with Crippen molar-refractivity contribution in [3.05, 3.63) is 46.3 Å². The Hall–Kier alpha value is -2.70. The van der Waals surface area contributed by atoms with E-state index >= 15 is 0 Å². The lowest BCUT2D eigenvalue weighted by molar-refractivity contribution is -0.383. The van der Waals surface area contributed by atoms with Gasteiger partial charge in [-0.05, 0) is 36.5 Å². The number of aromatic nitrogens is 2. The number of hydrogen-bond donors (Lipinski definition) is 2. The first-order valence-corrected chi connectivity index (χ1v) is 8.67. The fraction of sp³-hybridized carbons (Fsp3) is 0.444. The van der Waals surface area contributed by atoms with Gasteiger partial charge in [0.15, 0.2) is 0 Å². The van der Waals surface area contributed by atoms with Crippen LogP contribution >= 0.6 is 0 Å². The van der Waals surface area contributed by atoms with Crippen molar-refractivity contribution in [2.75, 3.05) is 10.6 Å². The average Bonchev–Trinajstić information content (AvgIpc) is 3.08. The summed E-state index contributed by atoms with van der Waals surface area (Å²) in [6.45, 7) is 4.25. The zero-order chi connectivity index (χ0) is 17.8. The van der Waals surface area contributed by atoms with E-state index in [0.29, 0.717) is 5.92 Å². The van der Waals surface area contributed by atoms with Crippen LogP contribution in [0.1, 0.15) is 51.0 Å². The molecule has 7 nitrogen and oxygen atoms in total. The Morgan fingerprint density at radius 2 is 1.76 bits per heavy atom. The normalized spacial score (nSPS) is 14.7. The topological polar surface area (TPSA) is 93.0 Å². The predicted octanol–water partition coefficient (Wildman–Crippen LogP) is 4.61. The van der Waals surface area contributed by atoms with Crippen molar-refractivity contribution < 1.29 is 4.92 Å². The number of hydrogen-bond acceptors (Lipinski definition) is 6. The van der Waals surface area contributed by atoms with Crippen molar-refractivity contribution in [2.24, 2.45) is 0 Å². The fourth-order valence-corrected chi connectivity index (χ4v) is 3.10. The van der Waals surface area contributed by atoms with Gasteiger partial charge in [0, 0.05) is 11.7 Å². The van der Waals surface area contributed by atoms with Crippen molar-refractivity contribution in [1.29, 1.82) is 0 Å². The van der Waals surface area contributed by atoms with Crippen molar-refractivity contribution in [2.45, 2.75) is 51.5 Å². The maximum absolute atomic E-state index is 11.6. The molecule has 1 heterocycles. The maximum Gasteiger partial charge on any atom is 0.353 e. The van der Waals surface area contributed by atoms with Gasteiger partial charge in [0.05, 0.1) is 4.92 Å². The molecule has 2 aromatic rings. The summed E-state index contributed by atoms with van der Waals surface area (Å²) in [5.74, 6) is 0.927. The molecule has 0 bridgehead atoms. The van der Waals surface area contributed by atoms with Crippen LogP contribution in [0.25, 0.3) is 0 Å². The Labute approximate surface area is 147 Å². The van der Waals surface area contributed by atoms with Gasteiger partial charge in [-0.1, -0.05) is 38.8 Å². The number of benzene rings is 1. The van der Waals surface area contributed by atoms with E-state index in [2.05, 4.69) is 34.4 Å². The molecule has 0 amide bonds. The van der Waals surface area contributed by atoms with Gasteiger partial charge in [-0.25, -0.2) is 9.97 Å². The molecule has 3 rings (SSSR count). The van der Waals surface area contributed by atoms with Crippen LogP contribution in [0.15, 0.2) is 30.6 Å². The number of anilines is 3. The first kappa shape index (κ1) is 17.1. The number of nitrogens with zero attached hydrogens (tertiary/aromatic N) is 3. The standard InChI is InChI=1S/C18H23N5O2/c1-12(2)13-7-9-15(10-8-13)22-18-16(23(24)25)17(19-11-20-18)21-14-5-3-4-6-14/h7-12,14H,3-6H2,1-2H3,(H2,19,20,21,22). The molecule has 1 aromatic carbocycles. The maximum atomic E-state index is 11.6. The van der Waals surface area contributed by atoms with Crippen LogP contribution in [0, 0.1) is 10.1 Å². The highest BCUT2D eigenvalue weighted by Crippen LogP contribution is 2.33. The molecule has 1 aromatic heterocycles. The van der Waals surface area contributed by atoms with Crippen LogP contribution in [0.2, 0.25) is 0 Å². The first-order valence-electron chi connectivity index (χ1n) is 8.67. The lowest BCUT2D eigenvalue weighted by Crippen LogP contribution is -2.17. The van der Waals surface area contributed by atoms with Gasteiger partial charge in [0.25, 0.3) is 0 Å². The molecular formula is C18H23N5O2. The van der Waals surface area contributed by atoms with Crippen LogP contribution in [-0.4, -0.2) is 20.9 Å². The summed E-state index contributed by atoms with van der Waals surface area (Å²) in [6, 6.07) is 8.08. The van der Waals surface area contributed by atoms with E-state index in [1.807, 2.05) is 24.3 Å². The van der Waals surface area contributed by atoms with Crippen LogP contribution in [0.3, 0.4) is 0 Å². The molecule has 25 heavy (non-hydrogen) atoms. The summed E-state index contributed by atoms with van der Waals surface area (Å²) >= 11 is 0. The molecule has 0 aliphatic heterocycles. The van der Waals surface area contributed by atoms with E-state index in [-0.39, 0.29) is 23.4 Å². The van der Waals surface area contributed by atoms with Gasteiger partial charge >= 0.3 is 5.69 Å². The Morgan fingerprint density at radius 1 is 1.12 bits per heavy atom. The molecule has 1 saturated carbocycles. The third kappa shape index (κ3) is 4.04. The molecule has 0 unspecified atom stereocenters.